The van der Waals surface area contributed by atoms with Crippen LogP contribution in [0.3, 0.4) is 0 Å². The number of rotatable bonds is 13. The molecule has 0 spiro atoms. The topological polar surface area (TPSA) is 158 Å². The van der Waals surface area contributed by atoms with Gasteiger partial charge in [0.05, 0.1) is 65.1 Å². The van der Waals surface area contributed by atoms with Crippen molar-refractivity contribution >= 4 is 50.0 Å². The first-order valence-electron chi connectivity index (χ1n) is 19.0. The van der Waals surface area contributed by atoms with Crippen molar-refractivity contribution in [2.24, 2.45) is 11.8 Å². The molecular weight excluding hydrogens is 737 g/mol. The number of amides is 3. The van der Waals surface area contributed by atoms with Crippen LogP contribution in [0.4, 0.5) is 4.79 Å². The minimum atomic E-state index is -0.679. The Labute approximate surface area is 329 Å². The van der Waals surface area contributed by atoms with Gasteiger partial charge in [-0.25, -0.2) is 14.8 Å². The van der Waals surface area contributed by atoms with Gasteiger partial charge in [0.2, 0.25) is 11.8 Å². The first-order chi connectivity index (χ1) is 26.6. The Bertz CT molecular complexity index is 2120. The second-order valence-corrected chi connectivity index (χ2v) is 16.8. The van der Waals surface area contributed by atoms with E-state index in [0.29, 0.717) is 19.8 Å². The van der Waals surface area contributed by atoms with Gasteiger partial charge in [-0.05, 0) is 48.6 Å². The van der Waals surface area contributed by atoms with Crippen LogP contribution < -0.4 is 10.6 Å². The van der Waals surface area contributed by atoms with Crippen molar-refractivity contribution in [2.75, 3.05) is 34.0 Å². The zero-order valence-corrected chi connectivity index (χ0v) is 33.8. The summed E-state index contributed by atoms with van der Waals surface area (Å²) in [6.07, 6.45) is 6.58. The Morgan fingerprint density at radius 1 is 0.782 bits per heavy atom. The van der Waals surface area contributed by atoms with Gasteiger partial charge < -0.3 is 34.6 Å². The van der Waals surface area contributed by atoms with Gasteiger partial charge in [0.1, 0.15) is 17.7 Å². The van der Waals surface area contributed by atoms with E-state index in [-0.39, 0.29) is 41.8 Å². The molecular formula is C40H50N8O5S2. The number of H-pyrrole nitrogens is 2. The molecule has 292 valence electrons. The molecule has 0 saturated carbocycles. The number of aromatic nitrogens is 4. The zero-order valence-electron chi connectivity index (χ0n) is 32.2. The molecule has 13 nitrogen and oxygen atoms in total. The van der Waals surface area contributed by atoms with E-state index < -0.39 is 12.1 Å². The molecule has 0 radical (unpaired) electrons. The Kier molecular flexibility index (Phi) is 11.7. The maximum atomic E-state index is 13.6. The van der Waals surface area contributed by atoms with Gasteiger partial charge >= 0.3 is 6.09 Å². The average Bonchev–Trinajstić information content (AvgIpc) is 4.03. The number of imidazole rings is 2. The summed E-state index contributed by atoms with van der Waals surface area (Å²) in [4.78, 5) is 59.5. The number of carbonyl (C=O) groups is 3. The molecule has 4 N–H and O–H groups in total. The molecule has 5 aromatic rings. The summed E-state index contributed by atoms with van der Waals surface area (Å²) in [7, 11) is 2.92. The molecule has 0 aliphatic carbocycles. The number of fused-ring (bicyclic) bond motifs is 1. The molecule has 55 heavy (non-hydrogen) atoms. The number of aromatic amines is 2. The highest BCUT2D eigenvalue weighted by molar-refractivity contribution is 7.27. The van der Waals surface area contributed by atoms with E-state index in [9.17, 15) is 14.4 Å². The predicted molar refractivity (Wildman–Crippen MR) is 215 cm³/mol. The number of benzene rings is 1. The predicted octanol–water partition coefficient (Wildman–Crippen LogP) is 7.34. The van der Waals surface area contributed by atoms with Crippen LogP contribution in [0.5, 0.6) is 0 Å². The minimum Gasteiger partial charge on any atom is -0.453 e. The molecule has 2 saturated heterocycles. The largest absolute Gasteiger partial charge is 0.453 e. The summed E-state index contributed by atoms with van der Waals surface area (Å²) in [5.74, 6) is 1.56. The van der Waals surface area contributed by atoms with Gasteiger partial charge in [-0.1, -0.05) is 52.0 Å². The molecule has 0 bridgehead atoms. The van der Waals surface area contributed by atoms with Crippen LogP contribution in [0.1, 0.15) is 77.1 Å². The van der Waals surface area contributed by atoms with E-state index in [2.05, 4.69) is 69.5 Å². The molecule has 15 heteroatoms. The van der Waals surface area contributed by atoms with Crippen LogP contribution in [0, 0.1) is 11.8 Å². The molecule has 3 amide bonds. The van der Waals surface area contributed by atoms with Crippen molar-refractivity contribution in [3.05, 3.63) is 59.1 Å². The van der Waals surface area contributed by atoms with Crippen molar-refractivity contribution in [2.45, 2.75) is 77.5 Å². The van der Waals surface area contributed by atoms with Crippen LogP contribution in [-0.2, 0) is 19.1 Å². The molecule has 2 aliphatic heterocycles. The fourth-order valence-corrected chi connectivity index (χ4v) is 10.2. The Balaban J connectivity index is 1.05. The number of likely N-dealkylation sites (tertiary alicyclic amines) is 2. The van der Waals surface area contributed by atoms with Crippen LogP contribution in [0.25, 0.3) is 43.0 Å². The number of ether oxygens (including phenoxy) is 2. The molecule has 2 aliphatic rings. The third-order valence-corrected chi connectivity index (χ3v) is 12.9. The average molecular weight is 787 g/mol. The quantitative estimate of drug-likeness (QED) is 0.0904. The molecule has 2 unspecified atom stereocenters. The summed E-state index contributed by atoms with van der Waals surface area (Å²) in [6, 6.07) is 7.20. The van der Waals surface area contributed by atoms with Crippen LogP contribution in [-0.4, -0.2) is 93.8 Å². The third kappa shape index (κ3) is 7.80. The van der Waals surface area contributed by atoms with Gasteiger partial charge in [-0.2, -0.15) is 0 Å². The number of nitrogens with one attached hydrogen (secondary N) is 4. The van der Waals surface area contributed by atoms with Gasteiger partial charge in [-0.3, -0.25) is 14.9 Å². The standard InChI is InChI=1S/C40H50N8O5S2/c1-22(2)32(43-21-52-5)38(49)47-15-7-10-31(47)37-42-18-29(45-37)27-20-55-34-26(19-54-35(27)34)24-11-13-25(14-12-24)28-17-41-36(44-28)30-9-8-16-48(30)39(50)33(23(3)4)46-40(51)53-6/h11-14,17-20,22-23,30-33,43H,7-10,15-16,21H2,1-6H3,(H,41,44)(H,42,45)(H,46,51)/t30?,31?,32-,33-/m0/s1. The number of carbonyl (C=O) groups excluding carboxylic acids is 3. The van der Waals surface area contributed by atoms with Crippen molar-refractivity contribution in [1.29, 1.82) is 0 Å². The first-order valence-corrected chi connectivity index (χ1v) is 20.7. The number of methoxy groups -OCH3 is 2. The fraction of sp³-hybridized carbons (Fsp3) is 0.475. The summed E-state index contributed by atoms with van der Waals surface area (Å²) < 4.78 is 12.4. The van der Waals surface area contributed by atoms with Crippen LogP contribution in [0.2, 0.25) is 0 Å². The lowest BCUT2D eigenvalue weighted by Crippen LogP contribution is -2.51. The summed E-state index contributed by atoms with van der Waals surface area (Å²) in [5, 5.41) is 10.4. The Morgan fingerprint density at radius 3 is 1.89 bits per heavy atom. The summed E-state index contributed by atoms with van der Waals surface area (Å²) in [5.41, 5.74) is 6.27. The summed E-state index contributed by atoms with van der Waals surface area (Å²) in [6.45, 7) is 9.57. The van der Waals surface area contributed by atoms with Crippen molar-refractivity contribution < 1.29 is 23.9 Å². The highest BCUT2D eigenvalue weighted by Crippen LogP contribution is 2.44. The normalized spacial score (nSPS) is 18.5. The number of thiophene rings is 2. The number of hydrogen-bond donors (Lipinski definition) is 4. The van der Waals surface area contributed by atoms with E-state index in [1.165, 1.54) is 22.1 Å². The van der Waals surface area contributed by atoms with Gasteiger partial charge in [0, 0.05) is 42.1 Å². The molecule has 4 aromatic heterocycles. The second-order valence-electron chi connectivity index (χ2n) is 15.0. The molecule has 2 fully saturated rings. The van der Waals surface area contributed by atoms with E-state index in [1.807, 2.05) is 36.0 Å². The van der Waals surface area contributed by atoms with Gasteiger partial charge in [-0.15, -0.1) is 22.7 Å². The number of nitrogens with zero attached hydrogens (tertiary/aromatic N) is 4. The SMILES string of the molecule is COCN[C@H](C(=O)N1CCCC1c1ncc(-c2csc3c(-c4ccc(-c5cnc(C6CCCN6C(=O)[C@@H](NC(=O)OC)C(C)C)[nH]5)cc4)csc23)[nH]1)C(C)C. The Morgan fingerprint density at radius 2 is 1.31 bits per heavy atom. The third-order valence-electron chi connectivity index (χ3n) is 10.7. The fourth-order valence-electron chi connectivity index (χ4n) is 7.80. The molecule has 4 atom stereocenters. The van der Waals surface area contributed by atoms with Crippen molar-refractivity contribution in [3.63, 3.8) is 0 Å². The molecule has 6 heterocycles. The summed E-state index contributed by atoms with van der Waals surface area (Å²) >= 11 is 3.45. The number of hydrogen-bond acceptors (Lipinski definition) is 10. The molecule has 7 rings (SSSR count). The van der Waals surface area contributed by atoms with E-state index >= 15 is 0 Å². The lowest BCUT2D eigenvalue weighted by atomic mass is 10.0. The second kappa shape index (κ2) is 16.7. The van der Waals surface area contributed by atoms with Gasteiger partial charge in [0.15, 0.2) is 0 Å². The first kappa shape index (κ1) is 38.7. The zero-order chi connectivity index (χ0) is 38.8. The lowest BCUT2D eigenvalue weighted by molar-refractivity contribution is -0.136. The van der Waals surface area contributed by atoms with Crippen LogP contribution >= 0.6 is 22.7 Å². The highest BCUT2D eigenvalue weighted by Gasteiger charge is 2.38. The van der Waals surface area contributed by atoms with E-state index in [4.69, 9.17) is 19.4 Å². The van der Waals surface area contributed by atoms with E-state index in [0.717, 1.165) is 65.4 Å². The van der Waals surface area contributed by atoms with E-state index in [1.54, 1.807) is 29.8 Å². The number of alkyl carbamates (subject to hydrolysis) is 1. The maximum Gasteiger partial charge on any atom is 0.407 e. The Hall–Kier alpha value is -4.57. The van der Waals surface area contributed by atoms with Crippen molar-refractivity contribution in [1.82, 2.24) is 40.4 Å². The maximum absolute atomic E-state index is 13.6. The highest BCUT2D eigenvalue weighted by atomic mass is 32.1. The van der Waals surface area contributed by atoms with Gasteiger partial charge in [0.25, 0.3) is 0 Å². The van der Waals surface area contributed by atoms with Crippen LogP contribution in [0.15, 0.2) is 47.4 Å². The monoisotopic (exact) mass is 786 g/mol. The van der Waals surface area contributed by atoms with Crippen molar-refractivity contribution in [3.8, 4) is 33.6 Å². The minimum absolute atomic E-state index is 0.0866. The smallest absolute Gasteiger partial charge is 0.407 e. The lowest BCUT2D eigenvalue weighted by Gasteiger charge is -2.30. The molecule has 1 aromatic carbocycles.